The number of hydrogen-bond acceptors (Lipinski definition) is 3. The van der Waals surface area contributed by atoms with E-state index in [2.05, 4.69) is 10.1 Å². The van der Waals surface area contributed by atoms with Crippen LogP contribution in [0.15, 0.2) is 24.3 Å². The van der Waals surface area contributed by atoms with E-state index in [1.54, 1.807) is 12.1 Å². The van der Waals surface area contributed by atoms with Gasteiger partial charge in [-0.25, -0.2) is 4.39 Å². The van der Waals surface area contributed by atoms with Crippen LogP contribution in [-0.2, 0) is 9.53 Å². The van der Waals surface area contributed by atoms with Crippen molar-refractivity contribution in [3.8, 4) is 0 Å². The van der Waals surface area contributed by atoms with Crippen molar-refractivity contribution in [3.63, 3.8) is 0 Å². The van der Waals surface area contributed by atoms with Crippen molar-refractivity contribution >= 4 is 5.97 Å². The van der Waals surface area contributed by atoms with E-state index in [1.165, 1.54) is 13.2 Å². The lowest BCUT2D eigenvalue weighted by molar-refractivity contribution is -0.143. The van der Waals surface area contributed by atoms with Crippen LogP contribution in [0.25, 0.3) is 0 Å². The molecule has 0 unspecified atom stereocenters. The van der Waals surface area contributed by atoms with E-state index in [9.17, 15) is 9.18 Å². The molecule has 1 heterocycles. The third-order valence-electron chi connectivity index (χ3n) is 3.22. The summed E-state index contributed by atoms with van der Waals surface area (Å²) in [6, 6.07) is 6.43. The molecule has 17 heavy (non-hydrogen) atoms. The Kier molecular flexibility index (Phi) is 3.74. The number of rotatable bonds is 2. The molecule has 1 saturated heterocycles. The second kappa shape index (κ2) is 5.27. The maximum atomic E-state index is 13.1. The van der Waals surface area contributed by atoms with Crippen LogP contribution in [0.3, 0.4) is 0 Å². The molecule has 0 amide bonds. The third-order valence-corrected chi connectivity index (χ3v) is 3.22. The van der Waals surface area contributed by atoms with Crippen molar-refractivity contribution in [1.29, 1.82) is 0 Å². The highest BCUT2D eigenvalue weighted by atomic mass is 19.1. The number of ether oxygens (including phenoxy) is 1. The van der Waals surface area contributed by atoms with Crippen molar-refractivity contribution in [2.75, 3.05) is 13.7 Å². The first-order valence-electron chi connectivity index (χ1n) is 5.77. The number of esters is 1. The SMILES string of the molecule is COC(=O)[C@H]1CC[C@@H](c2cccc(F)c2)CN1. The van der Waals surface area contributed by atoms with E-state index >= 15 is 0 Å². The summed E-state index contributed by atoms with van der Waals surface area (Å²) in [5.41, 5.74) is 0.987. The summed E-state index contributed by atoms with van der Waals surface area (Å²) in [7, 11) is 1.39. The molecule has 1 aliphatic heterocycles. The van der Waals surface area contributed by atoms with E-state index in [-0.39, 0.29) is 23.7 Å². The Balaban J connectivity index is 1.97. The average molecular weight is 237 g/mol. The molecular weight excluding hydrogens is 221 g/mol. The maximum Gasteiger partial charge on any atom is 0.322 e. The van der Waals surface area contributed by atoms with Gasteiger partial charge in [-0.2, -0.15) is 0 Å². The molecule has 0 bridgehead atoms. The molecule has 0 saturated carbocycles. The largest absolute Gasteiger partial charge is 0.468 e. The third kappa shape index (κ3) is 2.82. The van der Waals surface area contributed by atoms with Crippen molar-refractivity contribution in [1.82, 2.24) is 5.32 Å². The normalized spacial score (nSPS) is 24.4. The summed E-state index contributed by atoms with van der Waals surface area (Å²) in [6.45, 7) is 0.684. The fourth-order valence-corrected chi connectivity index (χ4v) is 2.24. The first-order chi connectivity index (χ1) is 8.20. The van der Waals surface area contributed by atoms with Gasteiger partial charge in [0.05, 0.1) is 7.11 Å². The Morgan fingerprint density at radius 1 is 1.47 bits per heavy atom. The molecule has 0 aromatic heterocycles. The van der Waals surface area contributed by atoms with E-state index in [4.69, 9.17) is 0 Å². The second-order valence-electron chi connectivity index (χ2n) is 4.31. The first-order valence-corrected chi connectivity index (χ1v) is 5.77. The van der Waals surface area contributed by atoms with Crippen LogP contribution >= 0.6 is 0 Å². The van der Waals surface area contributed by atoms with Gasteiger partial charge in [-0.1, -0.05) is 12.1 Å². The minimum absolute atomic E-state index is 0.211. The summed E-state index contributed by atoms with van der Waals surface area (Å²) in [6.07, 6.45) is 1.60. The second-order valence-corrected chi connectivity index (χ2v) is 4.31. The van der Waals surface area contributed by atoms with Gasteiger partial charge in [0, 0.05) is 6.54 Å². The zero-order valence-electron chi connectivity index (χ0n) is 9.78. The molecular formula is C13H16FNO2. The van der Waals surface area contributed by atoms with Gasteiger partial charge in [-0.05, 0) is 36.5 Å². The summed E-state index contributed by atoms with van der Waals surface area (Å²) in [5.74, 6) is -0.160. The maximum absolute atomic E-state index is 13.1. The summed E-state index contributed by atoms with van der Waals surface area (Å²) in [5, 5.41) is 3.14. The van der Waals surface area contributed by atoms with E-state index in [1.807, 2.05) is 6.07 Å². The van der Waals surface area contributed by atoms with E-state index in [0.29, 0.717) is 6.54 Å². The van der Waals surface area contributed by atoms with Crippen LogP contribution in [0.5, 0.6) is 0 Å². The molecule has 0 radical (unpaired) electrons. The molecule has 0 spiro atoms. The number of halogens is 1. The van der Waals surface area contributed by atoms with Crippen LogP contribution in [0.1, 0.15) is 24.3 Å². The molecule has 3 nitrogen and oxygen atoms in total. The fourth-order valence-electron chi connectivity index (χ4n) is 2.24. The molecule has 1 aliphatic rings. The highest BCUT2D eigenvalue weighted by molar-refractivity contribution is 5.75. The van der Waals surface area contributed by atoms with Crippen molar-refractivity contribution in [3.05, 3.63) is 35.6 Å². The number of carbonyl (C=O) groups is 1. The van der Waals surface area contributed by atoms with Crippen LogP contribution in [0, 0.1) is 5.82 Å². The molecule has 1 N–H and O–H groups in total. The van der Waals surface area contributed by atoms with Gasteiger partial charge in [0.15, 0.2) is 0 Å². The lowest BCUT2D eigenvalue weighted by Crippen LogP contribution is -2.43. The molecule has 4 heteroatoms. The Labute approximate surface area is 100.0 Å². The lowest BCUT2D eigenvalue weighted by atomic mass is 9.89. The van der Waals surface area contributed by atoms with Crippen molar-refractivity contribution < 1.29 is 13.9 Å². The van der Waals surface area contributed by atoms with Crippen molar-refractivity contribution in [2.24, 2.45) is 0 Å². The highest BCUT2D eigenvalue weighted by Crippen LogP contribution is 2.25. The number of nitrogens with one attached hydrogen (secondary N) is 1. The molecule has 92 valence electrons. The molecule has 1 fully saturated rings. The Morgan fingerprint density at radius 2 is 2.29 bits per heavy atom. The summed E-state index contributed by atoms with van der Waals surface area (Å²) in [4.78, 5) is 11.3. The monoisotopic (exact) mass is 237 g/mol. The smallest absolute Gasteiger partial charge is 0.322 e. The number of methoxy groups -OCH3 is 1. The van der Waals surface area contributed by atoms with Crippen molar-refractivity contribution in [2.45, 2.75) is 24.8 Å². The van der Waals surface area contributed by atoms with Crippen LogP contribution in [-0.4, -0.2) is 25.7 Å². The standard InChI is InChI=1S/C13H16FNO2/c1-17-13(16)12-6-5-10(8-15-12)9-3-2-4-11(14)7-9/h2-4,7,10,12,15H,5-6,8H2,1H3/t10-,12-/m1/s1. The van der Waals surface area contributed by atoms with Gasteiger partial charge in [-0.15, -0.1) is 0 Å². The zero-order chi connectivity index (χ0) is 12.3. The van der Waals surface area contributed by atoms with Gasteiger partial charge in [0.25, 0.3) is 0 Å². The predicted molar refractivity (Wildman–Crippen MR) is 62.2 cm³/mol. The Bertz CT molecular complexity index is 400. The lowest BCUT2D eigenvalue weighted by Gasteiger charge is -2.28. The summed E-state index contributed by atoms with van der Waals surface area (Å²) < 4.78 is 17.8. The molecule has 0 aliphatic carbocycles. The summed E-state index contributed by atoms with van der Waals surface area (Å²) >= 11 is 0. The van der Waals surface area contributed by atoms with Crippen LogP contribution in [0.4, 0.5) is 4.39 Å². The number of hydrogen-bond donors (Lipinski definition) is 1. The van der Waals surface area contributed by atoms with E-state index < -0.39 is 0 Å². The average Bonchev–Trinajstić information content (AvgIpc) is 2.38. The van der Waals surface area contributed by atoms with Gasteiger partial charge in [0.1, 0.15) is 11.9 Å². The highest BCUT2D eigenvalue weighted by Gasteiger charge is 2.26. The minimum atomic E-state index is -0.220. The predicted octanol–water partition coefficient (Wildman–Crippen LogP) is 1.83. The molecule has 2 atom stereocenters. The van der Waals surface area contributed by atoms with Crippen LogP contribution in [0.2, 0.25) is 0 Å². The molecule has 1 aromatic carbocycles. The zero-order valence-corrected chi connectivity index (χ0v) is 9.78. The minimum Gasteiger partial charge on any atom is -0.468 e. The topological polar surface area (TPSA) is 38.3 Å². The van der Waals surface area contributed by atoms with Gasteiger partial charge in [0.2, 0.25) is 0 Å². The van der Waals surface area contributed by atoms with Crippen LogP contribution < -0.4 is 5.32 Å². The first kappa shape index (κ1) is 12.0. The number of benzene rings is 1. The Hall–Kier alpha value is -1.42. The number of carbonyl (C=O) groups excluding carboxylic acids is 1. The van der Waals surface area contributed by atoms with Gasteiger partial charge < -0.3 is 10.1 Å². The molecule has 2 rings (SSSR count). The fraction of sp³-hybridized carbons (Fsp3) is 0.462. The number of piperidine rings is 1. The van der Waals surface area contributed by atoms with Gasteiger partial charge >= 0.3 is 5.97 Å². The van der Waals surface area contributed by atoms with E-state index in [0.717, 1.165) is 18.4 Å². The molecule has 1 aromatic rings. The van der Waals surface area contributed by atoms with Gasteiger partial charge in [-0.3, -0.25) is 4.79 Å². The Morgan fingerprint density at radius 3 is 2.88 bits per heavy atom. The quantitative estimate of drug-likeness (QED) is 0.797.